The van der Waals surface area contributed by atoms with E-state index < -0.39 is 0 Å². The molecule has 0 bridgehead atoms. The molecule has 2 rings (SSSR count). The minimum Gasteiger partial charge on any atom is -0.338 e. The molecule has 0 spiro atoms. The second-order valence-corrected chi connectivity index (χ2v) is 5.75. The molecule has 1 aromatic heterocycles. The Labute approximate surface area is 101 Å². The van der Waals surface area contributed by atoms with Crippen molar-refractivity contribution in [2.24, 2.45) is 5.92 Å². The Balaban J connectivity index is 2.06. The summed E-state index contributed by atoms with van der Waals surface area (Å²) >= 11 is 12.7. The highest BCUT2D eigenvalue weighted by Crippen LogP contribution is 2.33. The highest BCUT2D eigenvalue weighted by Gasteiger charge is 2.32. The van der Waals surface area contributed by atoms with Crippen molar-refractivity contribution < 1.29 is 9.18 Å². The van der Waals surface area contributed by atoms with Crippen molar-refractivity contribution in [3.8, 4) is 0 Å². The van der Waals surface area contributed by atoms with Gasteiger partial charge in [-0.3, -0.25) is 9.18 Å². The number of rotatable bonds is 2. The highest BCUT2D eigenvalue weighted by molar-refractivity contribution is 7.20. The fourth-order valence-electron chi connectivity index (χ4n) is 1.49. The Morgan fingerprint density at radius 3 is 2.73 bits per heavy atom. The van der Waals surface area contributed by atoms with Crippen molar-refractivity contribution in [1.82, 2.24) is 4.90 Å². The van der Waals surface area contributed by atoms with Crippen LogP contribution in [-0.2, 0) is 0 Å². The van der Waals surface area contributed by atoms with Crippen LogP contribution in [0.15, 0.2) is 6.07 Å². The van der Waals surface area contributed by atoms with Crippen molar-refractivity contribution in [2.75, 3.05) is 19.8 Å². The average molecular weight is 268 g/mol. The zero-order valence-electron chi connectivity index (χ0n) is 7.67. The summed E-state index contributed by atoms with van der Waals surface area (Å²) in [6.07, 6.45) is 0. The van der Waals surface area contributed by atoms with Gasteiger partial charge in [0, 0.05) is 19.0 Å². The minimum absolute atomic E-state index is 0.0122. The van der Waals surface area contributed by atoms with E-state index in [9.17, 15) is 9.18 Å². The number of hydrogen-bond acceptors (Lipinski definition) is 2. The van der Waals surface area contributed by atoms with Crippen LogP contribution in [0, 0.1) is 5.92 Å². The van der Waals surface area contributed by atoms with Gasteiger partial charge in [-0.1, -0.05) is 23.2 Å². The van der Waals surface area contributed by atoms with Gasteiger partial charge in [-0.2, -0.15) is 0 Å². The quantitative estimate of drug-likeness (QED) is 0.807. The van der Waals surface area contributed by atoms with Gasteiger partial charge < -0.3 is 4.90 Å². The predicted octanol–water partition coefficient (Wildman–Crippen LogP) is 3.10. The lowest BCUT2D eigenvalue weighted by Crippen LogP contribution is -2.50. The number of nitrogens with zero attached hydrogens (tertiary/aromatic N) is 1. The molecule has 0 unspecified atom stereocenters. The van der Waals surface area contributed by atoms with Crippen LogP contribution in [0.4, 0.5) is 4.39 Å². The highest BCUT2D eigenvalue weighted by atomic mass is 35.5. The summed E-state index contributed by atoms with van der Waals surface area (Å²) < 4.78 is 13.1. The lowest BCUT2D eigenvalue weighted by molar-refractivity contribution is 0.0453. The first-order valence-electron chi connectivity index (χ1n) is 4.42. The number of carbonyl (C=O) groups is 1. The normalized spacial score (nSPS) is 16.6. The molecule has 0 radical (unpaired) electrons. The van der Waals surface area contributed by atoms with Gasteiger partial charge in [-0.25, -0.2) is 0 Å². The van der Waals surface area contributed by atoms with Crippen LogP contribution in [0.1, 0.15) is 10.4 Å². The standard InChI is InChI=1S/C9H8Cl2FNOS/c10-7-1-6(8(11)15-7)9(14)13-3-5(2-12)4-13/h1,5H,2-4H2. The Hall–Kier alpha value is -0.320. The van der Waals surface area contributed by atoms with Crippen LogP contribution in [0.25, 0.3) is 0 Å². The summed E-state index contributed by atoms with van der Waals surface area (Å²) in [5, 5.41) is 0. The first-order chi connectivity index (χ1) is 7.11. The monoisotopic (exact) mass is 267 g/mol. The van der Waals surface area contributed by atoms with Crippen LogP contribution >= 0.6 is 34.5 Å². The molecule has 15 heavy (non-hydrogen) atoms. The zero-order valence-corrected chi connectivity index (χ0v) is 10.0. The number of likely N-dealkylation sites (tertiary alicyclic amines) is 1. The predicted molar refractivity (Wildman–Crippen MR) is 59.7 cm³/mol. The summed E-state index contributed by atoms with van der Waals surface area (Å²) in [6.45, 7) is 0.570. The molecule has 0 atom stereocenters. The van der Waals surface area contributed by atoms with E-state index in [1.807, 2.05) is 0 Å². The van der Waals surface area contributed by atoms with Crippen LogP contribution in [-0.4, -0.2) is 30.6 Å². The Kier molecular flexibility index (Phi) is 3.19. The first-order valence-corrected chi connectivity index (χ1v) is 5.99. The number of amides is 1. The molecule has 0 N–H and O–H groups in total. The Bertz CT molecular complexity index is 389. The van der Waals surface area contributed by atoms with Gasteiger partial charge in [0.2, 0.25) is 0 Å². The number of carbonyl (C=O) groups excluding carboxylic acids is 1. The molecule has 1 fully saturated rings. The van der Waals surface area contributed by atoms with Gasteiger partial charge in [-0.15, -0.1) is 11.3 Å². The number of alkyl halides is 1. The minimum atomic E-state index is -0.373. The molecule has 82 valence electrons. The first kappa shape index (κ1) is 11.2. The molecule has 0 saturated carbocycles. The fourth-order valence-corrected chi connectivity index (χ4v) is 2.94. The van der Waals surface area contributed by atoms with E-state index in [2.05, 4.69) is 0 Å². The van der Waals surface area contributed by atoms with Crippen molar-refractivity contribution in [2.45, 2.75) is 0 Å². The summed E-state index contributed by atoms with van der Waals surface area (Å²) in [6, 6.07) is 1.56. The van der Waals surface area contributed by atoms with Crippen molar-refractivity contribution in [3.63, 3.8) is 0 Å². The maximum absolute atomic E-state index is 12.2. The van der Waals surface area contributed by atoms with Gasteiger partial charge in [0.05, 0.1) is 16.6 Å². The third kappa shape index (κ3) is 2.12. The van der Waals surface area contributed by atoms with Gasteiger partial charge >= 0.3 is 0 Å². The molecular weight excluding hydrogens is 260 g/mol. The lowest BCUT2D eigenvalue weighted by Gasteiger charge is -2.37. The van der Waals surface area contributed by atoms with Crippen molar-refractivity contribution in [1.29, 1.82) is 0 Å². The van der Waals surface area contributed by atoms with Gasteiger partial charge in [0.25, 0.3) is 5.91 Å². The van der Waals surface area contributed by atoms with E-state index >= 15 is 0 Å². The van der Waals surface area contributed by atoms with Gasteiger partial charge in [0.15, 0.2) is 0 Å². The van der Waals surface area contributed by atoms with Gasteiger partial charge in [-0.05, 0) is 6.07 Å². The topological polar surface area (TPSA) is 20.3 Å². The fraction of sp³-hybridized carbons (Fsp3) is 0.444. The molecule has 0 aliphatic carbocycles. The molecule has 6 heteroatoms. The Morgan fingerprint density at radius 2 is 2.27 bits per heavy atom. The molecule has 1 aliphatic rings. The molecule has 2 nitrogen and oxygen atoms in total. The maximum atomic E-state index is 12.2. The molecule has 1 aliphatic heterocycles. The molecule has 1 saturated heterocycles. The van der Waals surface area contributed by atoms with Crippen LogP contribution in [0.5, 0.6) is 0 Å². The maximum Gasteiger partial charge on any atom is 0.256 e. The number of thiophene rings is 1. The largest absolute Gasteiger partial charge is 0.338 e. The van der Waals surface area contributed by atoms with Crippen LogP contribution in [0.3, 0.4) is 0 Å². The molecule has 2 heterocycles. The Morgan fingerprint density at radius 1 is 1.60 bits per heavy atom. The second-order valence-electron chi connectivity index (χ2n) is 3.47. The number of halogens is 3. The van der Waals surface area contributed by atoms with Crippen LogP contribution < -0.4 is 0 Å². The van der Waals surface area contributed by atoms with Crippen LogP contribution in [0.2, 0.25) is 8.67 Å². The third-order valence-electron chi connectivity index (χ3n) is 2.35. The van der Waals surface area contributed by atoms with E-state index in [1.165, 1.54) is 11.3 Å². The van der Waals surface area contributed by atoms with E-state index in [0.29, 0.717) is 27.3 Å². The lowest BCUT2D eigenvalue weighted by atomic mass is 10.0. The molecule has 0 aromatic carbocycles. The number of hydrogen-bond donors (Lipinski definition) is 0. The molecular formula is C9H8Cl2FNOS. The van der Waals surface area contributed by atoms with E-state index in [0.717, 1.165) is 0 Å². The van der Waals surface area contributed by atoms with Gasteiger partial charge in [0.1, 0.15) is 4.34 Å². The zero-order chi connectivity index (χ0) is 11.0. The SMILES string of the molecule is O=C(c1cc(Cl)sc1Cl)N1CC(CF)C1. The van der Waals surface area contributed by atoms with Crippen molar-refractivity contribution in [3.05, 3.63) is 20.3 Å². The van der Waals surface area contributed by atoms with Crippen molar-refractivity contribution >= 4 is 40.4 Å². The molecule has 1 aromatic rings. The van der Waals surface area contributed by atoms with E-state index in [1.54, 1.807) is 11.0 Å². The average Bonchev–Trinajstić information content (AvgIpc) is 2.43. The van der Waals surface area contributed by atoms with E-state index in [-0.39, 0.29) is 18.5 Å². The smallest absolute Gasteiger partial charge is 0.256 e. The summed E-state index contributed by atoms with van der Waals surface area (Å²) in [7, 11) is 0. The van der Waals surface area contributed by atoms with E-state index in [4.69, 9.17) is 23.2 Å². The summed E-state index contributed by atoms with van der Waals surface area (Å²) in [5.74, 6) is -0.172. The molecule has 1 amide bonds. The summed E-state index contributed by atoms with van der Waals surface area (Å²) in [5.41, 5.74) is 0.420. The second kappa shape index (κ2) is 4.28. The summed E-state index contributed by atoms with van der Waals surface area (Å²) in [4.78, 5) is 13.4. The third-order valence-corrected chi connectivity index (χ3v) is 3.84.